The van der Waals surface area contributed by atoms with Gasteiger partial charge in [-0.15, -0.1) is 0 Å². The lowest BCUT2D eigenvalue weighted by molar-refractivity contribution is 0.0398. The highest BCUT2D eigenvalue weighted by Crippen LogP contribution is 2.38. The van der Waals surface area contributed by atoms with Crippen LogP contribution >= 0.6 is 0 Å². The molecule has 0 bridgehead atoms. The molecule has 0 radical (unpaired) electrons. The highest BCUT2D eigenvalue weighted by molar-refractivity contribution is 5.45. The number of nitrogens with one attached hydrogen (secondary N) is 1. The van der Waals surface area contributed by atoms with E-state index in [1.807, 2.05) is 6.07 Å². The average molecular weight is 263 g/mol. The first-order valence-corrected chi connectivity index (χ1v) is 7.00. The van der Waals surface area contributed by atoms with Crippen LogP contribution in [0, 0.1) is 0 Å². The molecule has 0 aromatic carbocycles. The van der Waals surface area contributed by atoms with E-state index in [1.165, 1.54) is 12.8 Å². The van der Waals surface area contributed by atoms with Crippen molar-refractivity contribution in [3.63, 3.8) is 0 Å². The number of rotatable bonds is 5. The molecule has 2 heterocycles. The smallest absolute Gasteiger partial charge is 0.136 e. The van der Waals surface area contributed by atoms with Gasteiger partial charge in [-0.3, -0.25) is 4.90 Å². The average Bonchev–Trinajstić information content (AvgIpc) is 3.24. The number of ether oxygens (including phenoxy) is 1. The Hall–Kier alpha value is -1.40. The van der Waals surface area contributed by atoms with E-state index in [9.17, 15) is 0 Å². The van der Waals surface area contributed by atoms with E-state index in [-0.39, 0.29) is 0 Å². The number of nitrogens with zero attached hydrogens (tertiary/aromatic N) is 3. The summed E-state index contributed by atoms with van der Waals surface area (Å²) in [5.74, 6) is 2.84. The normalized spacial score (nSPS) is 20.4. The van der Waals surface area contributed by atoms with Crippen molar-refractivity contribution in [1.82, 2.24) is 14.9 Å². The summed E-state index contributed by atoms with van der Waals surface area (Å²) in [5.41, 5.74) is 5.82. The summed E-state index contributed by atoms with van der Waals surface area (Å²) < 4.78 is 5.33. The second kappa shape index (κ2) is 5.71. The van der Waals surface area contributed by atoms with Crippen LogP contribution < -0.4 is 11.1 Å². The lowest BCUT2D eigenvalue weighted by Gasteiger charge is -2.26. The summed E-state index contributed by atoms with van der Waals surface area (Å²) in [6.07, 6.45) is 2.38. The number of anilines is 2. The molecule has 0 spiro atoms. The number of morpholine rings is 1. The van der Waals surface area contributed by atoms with Gasteiger partial charge in [0.1, 0.15) is 17.5 Å². The van der Waals surface area contributed by atoms with Crippen LogP contribution in [0.3, 0.4) is 0 Å². The Morgan fingerprint density at radius 2 is 2.11 bits per heavy atom. The standard InChI is InChI=1S/C13H21N5O/c14-11-9-12(17-13(16-11)10-1-2-10)15-3-4-18-5-7-19-8-6-18/h9-10H,1-8H2,(H3,14,15,16,17). The van der Waals surface area contributed by atoms with Gasteiger partial charge < -0.3 is 15.8 Å². The summed E-state index contributed by atoms with van der Waals surface area (Å²) in [5, 5.41) is 3.34. The van der Waals surface area contributed by atoms with Gasteiger partial charge in [0.25, 0.3) is 0 Å². The zero-order valence-electron chi connectivity index (χ0n) is 11.1. The van der Waals surface area contributed by atoms with E-state index in [2.05, 4.69) is 20.2 Å². The minimum Gasteiger partial charge on any atom is -0.384 e. The molecule has 104 valence electrons. The van der Waals surface area contributed by atoms with Crippen molar-refractivity contribution in [3.05, 3.63) is 11.9 Å². The van der Waals surface area contributed by atoms with E-state index >= 15 is 0 Å². The number of aromatic nitrogens is 2. The lowest BCUT2D eigenvalue weighted by Crippen LogP contribution is -2.39. The van der Waals surface area contributed by atoms with Gasteiger partial charge in [-0.25, -0.2) is 9.97 Å². The van der Waals surface area contributed by atoms with E-state index in [0.717, 1.165) is 51.0 Å². The molecular weight excluding hydrogens is 242 g/mol. The third kappa shape index (κ3) is 3.54. The van der Waals surface area contributed by atoms with Gasteiger partial charge >= 0.3 is 0 Å². The third-order valence-corrected chi connectivity index (χ3v) is 3.54. The van der Waals surface area contributed by atoms with Crippen LogP contribution in [0.25, 0.3) is 0 Å². The van der Waals surface area contributed by atoms with Gasteiger partial charge in [0.2, 0.25) is 0 Å². The van der Waals surface area contributed by atoms with Crippen LogP contribution in [0.5, 0.6) is 0 Å². The van der Waals surface area contributed by atoms with Crippen molar-refractivity contribution in [2.24, 2.45) is 0 Å². The molecule has 19 heavy (non-hydrogen) atoms. The maximum atomic E-state index is 5.82. The Morgan fingerprint density at radius 1 is 1.32 bits per heavy atom. The fourth-order valence-corrected chi connectivity index (χ4v) is 2.27. The maximum absolute atomic E-state index is 5.82. The lowest BCUT2D eigenvalue weighted by atomic mass is 10.3. The van der Waals surface area contributed by atoms with Gasteiger partial charge in [0.15, 0.2) is 0 Å². The van der Waals surface area contributed by atoms with Crippen LogP contribution in [-0.2, 0) is 4.74 Å². The monoisotopic (exact) mass is 263 g/mol. The fourth-order valence-electron chi connectivity index (χ4n) is 2.27. The van der Waals surface area contributed by atoms with Crippen molar-refractivity contribution in [2.75, 3.05) is 50.4 Å². The van der Waals surface area contributed by atoms with Gasteiger partial charge in [0.05, 0.1) is 13.2 Å². The predicted octanol–water partition coefficient (Wildman–Crippen LogP) is 0.680. The molecule has 0 atom stereocenters. The Labute approximate surface area is 113 Å². The summed E-state index contributed by atoms with van der Waals surface area (Å²) in [6.45, 7) is 5.59. The molecule has 3 N–H and O–H groups in total. The predicted molar refractivity (Wildman–Crippen MR) is 74.2 cm³/mol. The fraction of sp³-hybridized carbons (Fsp3) is 0.692. The quantitative estimate of drug-likeness (QED) is 0.813. The van der Waals surface area contributed by atoms with Gasteiger partial charge in [-0.1, -0.05) is 0 Å². The van der Waals surface area contributed by atoms with Crippen LogP contribution in [-0.4, -0.2) is 54.3 Å². The van der Waals surface area contributed by atoms with Crippen LogP contribution in [0.1, 0.15) is 24.6 Å². The largest absolute Gasteiger partial charge is 0.384 e. The summed E-state index contributed by atoms with van der Waals surface area (Å²) in [4.78, 5) is 11.2. The molecule has 3 rings (SSSR count). The summed E-state index contributed by atoms with van der Waals surface area (Å²) >= 11 is 0. The zero-order valence-corrected chi connectivity index (χ0v) is 11.1. The number of hydrogen-bond donors (Lipinski definition) is 2. The molecule has 1 aromatic rings. The summed E-state index contributed by atoms with van der Waals surface area (Å²) in [7, 11) is 0. The molecule has 6 heteroatoms. The van der Waals surface area contributed by atoms with Crippen molar-refractivity contribution < 1.29 is 4.74 Å². The molecule has 0 amide bonds. The Morgan fingerprint density at radius 3 is 2.84 bits per heavy atom. The van der Waals surface area contributed by atoms with Crippen LogP contribution in [0.2, 0.25) is 0 Å². The molecule has 2 fully saturated rings. The van der Waals surface area contributed by atoms with Crippen LogP contribution in [0.4, 0.5) is 11.6 Å². The van der Waals surface area contributed by atoms with Gasteiger partial charge in [0, 0.05) is 38.2 Å². The minimum atomic E-state index is 0.531. The second-order valence-electron chi connectivity index (χ2n) is 5.19. The van der Waals surface area contributed by atoms with Crippen molar-refractivity contribution >= 4 is 11.6 Å². The molecule has 6 nitrogen and oxygen atoms in total. The number of hydrogen-bond acceptors (Lipinski definition) is 6. The van der Waals surface area contributed by atoms with E-state index in [1.54, 1.807) is 0 Å². The number of nitrogen functional groups attached to an aromatic ring is 1. The van der Waals surface area contributed by atoms with E-state index < -0.39 is 0 Å². The first-order valence-electron chi connectivity index (χ1n) is 7.00. The number of nitrogens with two attached hydrogens (primary N) is 1. The molecule has 1 saturated heterocycles. The van der Waals surface area contributed by atoms with Crippen LogP contribution in [0.15, 0.2) is 6.07 Å². The zero-order chi connectivity index (χ0) is 13.1. The third-order valence-electron chi connectivity index (χ3n) is 3.54. The molecule has 0 unspecified atom stereocenters. The maximum Gasteiger partial charge on any atom is 0.136 e. The first-order chi connectivity index (χ1) is 9.31. The Kier molecular flexibility index (Phi) is 3.79. The second-order valence-corrected chi connectivity index (χ2v) is 5.19. The molecular formula is C13H21N5O. The summed E-state index contributed by atoms with van der Waals surface area (Å²) in [6, 6.07) is 1.81. The highest BCUT2D eigenvalue weighted by Gasteiger charge is 2.27. The van der Waals surface area contributed by atoms with Crippen molar-refractivity contribution in [1.29, 1.82) is 0 Å². The Balaban J connectivity index is 1.51. The van der Waals surface area contributed by atoms with Crippen molar-refractivity contribution in [2.45, 2.75) is 18.8 Å². The molecule has 1 aliphatic carbocycles. The molecule has 1 aromatic heterocycles. The van der Waals surface area contributed by atoms with E-state index in [0.29, 0.717) is 11.7 Å². The molecule has 1 aliphatic heterocycles. The SMILES string of the molecule is Nc1cc(NCCN2CCOCC2)nc(C2CC2)n1. The highest BCUT2D eigenvalue weighted by atomic mass is 16.5. The van der Waals surface area contributed by atoms with Gasteiger partial charge in [-0.2, -0.15) is 0 Å². The van der Waals surface area contributed by atoms with Crippen molar-refractivity contribution in [3.8, 4) is 0 Å². The minimum absolute atomic E-state index is 0.531. The first kappa shape index (κ1) is 12.6. The van der Waals surface area contributed by atoms with E-state index in [4.69, 9.17) is 10.5 Å². The Bertz CT molecular complexity index is 429. The molecule has 2 aliphatic rings. The molecule has 1 saturated carbocycles. The van der Waals surface area contributed by atoms with Gasteiger partial charge in [-0.05, 0) is 12.8 Å². The topological polar surface area (TPSA) is 76.3 Å².